The molecule has 0 aromatic heterocycles. The summed E-state index contributed by atoms with van der Waals surface area (Å²) in [6.07, 6.45) is 0.130. The van der Waals surface area contributed by atoms with Crippen LogP contribution in [-0.4, -0.2) is 29.6 Å². The Morgan fingerprint density at radius 2 is 1.23 bits per heavy atom. The van der Waals surface area contributed by atoms with Crippen molar-refractivity contribution in [1.82, 2.24) is 0 Å². The fourth-order valence-electron chi connectivity index (χ4n) is 5.38. The maximum Gasteiger partial charge on any atom is 0.394 e. The van der Waals surface area contributed by atoms with Gasteiger partial charge in [-0.1, -0.05) is 6.92 Å². The molecule has 126 valence electrons. The molecule has 22 heavy (non-hydrogen) atoms. The van der Waals surface area contributed by atoms with Gasteiger partial charge in [0.2, 0.25) is 0 Å². The summed E-state index contributed by atoms with van der Waals surface area (Å²) in [5.74, 6) is -0.666. The summed E-state index contributed by atoms with van der Waals surface area (Å²) in [4.78, 5) is 0. The van der Waals surface area contributed by atoms with Crippen LogP contribution in [0.2, 0.25) is 0 Å². The van der Waals surface area contributed by atoms with Crippen LogP contribution in [0.1, 0.15) is 59.3 Å². The minimum Gasteiger partial charge on any atom is -0.366 e. The fraction of sp³-hybridized carbons (Fsp3) is 1.00. The van der Waals surface area contributed by atoms with Crippen molar-refractivity contribution in [2.24, 2.45) is 17.3 Å². The number of hydrogen-bond acceptors (Lipinski definition) is 2. The van der Waals surface area contributed by atoms with Crippen LogP contribution in [0.25, 0.3) is 0 Å². The molecule has 2 aliphatic carbocycles. The number of fused-ring (bicyclic) bond motifs is 2. The largest absolute Gasteiger partial charge is 0.394 e. The van der Waals surface area contributed by atoms with Crippen LogP contribution in [0, 0.1) is 17.3 Å². The number of alkyl halides is 3. The molecule has 0 radical (unpaired) electrons. The highest BCUT2D eigenvalue weighted by molar-refractivity contribution is 5.12. The number of halogens is 3. The van der Waals surface area contributed by atoms with Gasteiger partial charge in [-0.15, -0.1) is 0 Å². The van der Waals surface area contributed by atoms with E-state index < -0.39 is 11.6 Å². The number of hydrogen-bond donors (Lipinski definition) is 0. The molecule has 4 fully saturated rings. The summed E-state index contributed by atoms with van der Waals surface area (Å²) < 4.78 is 53.7. The first-order valence-corrected chi connectivity index (χ1v) is 8.51. The molecular weight excluding hydrogens is 293 g/mol. The van der Waals surface area contributed by atoms with Crippen LogP contribution >= 0.6 is 0 Å². The van der Waals surface area contributed by atoms with Gasteiger partial charge < -0.3 is 9.47 Å². The molecule has 2 heterocycles. The van der Waals surface area contributed by atoms with Crippen LogP contribution in [0.4, 0.5) is 13.2 Å². The van der Waals surface area contributed by atoms with E-state index in [9.17, 15) is 13.2 Å². The third-order valence-corrected chi connectivity index (χ3v) is 7.24. The minimum atomic E-state index is -4.17. The Morgan fingerprint density at radius 3 is 1.55 bits per heavy atom. The predicted molar refractivity (Wildman–Crippen MR) is 75.4 cm³/mol. The molecule has 0 aromatic rings. The maximum absolute atomic E-state index is 14.1. The van der Waals surface area contributed by atoms with Gasteiger partial charge in [0.25, 0.3) is 0 Å². The van der Waals surface area contributed by atoms with Gasteiger partial charge in [0.15, 0.2) is 0 Å². The topological polar surface area (TPSA) is 25.1 Å². The van der Waals surface area contributed by atoms with Crippen LogP contribution < -0.4 is 0 Å². The molecule has 5 heteroatoms. The molecule has 6 unspecified atom stereocenters. The molecule has 0 N–H and O–H groups in total. The van der Waals surface area contributed by atoms with Crippen molar-refractivity contribution in [2.45, 2.75) is 88.9 Å². The highest BCUT2D eigenvalue weighted by Gasteiger charge is 2.68. The highest BCUT2D eigenvalue weighted by Crippen LogP contribution is 2.64. The Balaban J connectivity index is 1.62. The van der Waals surface area contributed by atoms with Crippen LogP contribution in [-0.2, 0) is 9.47 Å². The summed E-state index contributed by atoms with van der Waals surface area (Å²) in [6, 6.07) is 0. The van der Waals surface area contributed by atoms with E-state index in [1.165, 1.54) is 6.92 Å². The van der Waals surface area contributed by atoms with Crippen molar-refractivity contribution in [3.63, 3.8) is 0 Å². The molecule has 6 atom stereocenters. The van der Waals surface area contributed by atoms with Gasteiger partial charge in [-0.25, -0.2) is 0 Å². The summed E-state index contributed by atoms with van der Waals surface area (Å²) >= 11 is 0. The number of rotatable bonds is 2. The zero-order chi connectivity index (χ0) is 16.0. The van der Waals surface area contributed by atoms with Crippen LogP contribution in [0.5, 0.6) is 0 Å². The molecule has 0 amide bonds. The normalized spacial score (nSPS) is 53.2. The van der Waals surface area contributed by atoms with Crippen molar-refractivity contribution in [2.75, 3.05) is 0 Å². The average molecular weight is 318 g/mol. The second-order valence-corrected chi connectivity index (χ2v) is 8.58. The molecule has 4 rings (SSSR count). The Bertz CT molecular complexity index is 457. The smallest absolute Gasteiger partial charge is 0.366 e. The van der Waals surface area contributed by atoms with Crippen LogP contribution in [0.3, 0.4) is 0 Å². The lowest BCUT2D eigenvalue weighted by atomic mass is 9.57. The first-order chi connectivity index (χ1) is 10.1. The SMILES string of the molecule is CC12CC(C(C)(C3CCC4OC4(C)C3)C(F)(F)F)CCC1O2. The van der Waals surface area contributed by atoms with Crippen LogP contribution in [0.15, 0.2) is 0 Å². The van der Waals surface area contributed by atoms with Crippen molar-refractivity contribution in [3.05, 3.63) is 0 Å². The zero-order valence-corrected chi connectivity index (χ0v) is 13.5. The summed E-state index contributed by atoms with van der Waals surface area (Å²) in [6.45, 7) is 5.42. The molecule has 4 aliphatic rings. The van der Waals surface area contributed by atoms with Gasteiger partial charge in [0.1, 0.15) is 0 Å². The van der Waals surface area contributed by atoms with Crippen molar-refractivity contribution < 1.29 is 22.6 Å². The molecule has 0 aromatic carbocycles. The molecule has 2 aliphatic heterocycles. The van der Waals surface area contributed by atoms with Gasteiger partial charge in [-0.05, 0) is 64.2 Å². The molecule has 2 saturated heterocycles. The van der Waals surface area contributed by atoms with E-state index in [2.05, 4.69) is 0 Å². The standard InChI is InChI=1S/C17H25F3O2/c1-14-8-10(4-6-12(14)21-14)16(3,17(18,19)20)11-5-7-13-15(2,9-11)22-13/h10-13H,4-9H2,1-3H3. The molecule has 2 saturated carbocycles. The predicted octanol–water partition coefficient (Wildman–Crippen LogP) is 4.47. The van der Waals surface area contributed by atoms with E-state index in [0.717, 1.165) is 12.8 Å². The van der Waals surface area contributed by atoms with E-state index in [1.54, 1.807) is 0 Å². The monoisotopic (exact) mass is 318 g/mol. The molecule has 0 bridgehead atoms. The summed E-state index contributed by atoms with van der Waals surface area (Å²) in [5, 5.41) is 0. The first-order valence-electron chi connectivity index (χ1n) is 8.51. The quantitative estimate of drug-likeness (QED) is 0.702. The Hall–Kier alpha value is -0.290. The average Bonchev–Trinajstić information content (AvgIpc) is 3.27. The third kappa shape index (κ3) is 2.00. The van der Waals surface area contributed by atoms with E-state index in [0.29, 0.717) is 25.7 Å². The zero-order valence-electron chi connectivity index (χ0n) is 13.5. The van der Waals surface area contributed by atoms with Gasteiger partial charge in [0.05, 0.1) is 28.8 Å². The fourth-order valence-corrected chi connectivity index (χ4v) is 5.38. The highest BCUT2D eigenvalue weighted by atomic mass is 19.4. The Morgan fingerprint density at radius 1 is 0.818 bits per heavy atom. The van der Waals surface area contributed by atoms with Crippen molar-refractivity contribution >= 4 is 0 Å². The lowest BCUT2D eigenvalue weighted by molar-refractivity contribution is -0.263. The third-order valence-electron chi connectivity index (χ3n) is 7.24. The molecule has 0 spiro atoms. The van der Waals surface area contributed by atoms with E-state index in [-0.39, 0.29) is 35.2 Å². The second kappa shape index (κ2) is 4.21. The lowest BCUT2D eigenvalue weighted by Crippen LogP contribution is -2.51. The second-order valence-electron chi connectivity index (χ2n) is 8.58. The van der Waals surface area contributed by atoms with E-state index in [1.807, 2.05) is 13.8 Å². The number of epoxide rings is 2. The Labute approximate surface area is 129 Å². The number of ether oxygens (including phenoxy) is 2. The summed E-state index contributed by atoms with van der Waals surface area (Å²) in [7, 11) is 0. The minimum absolute atomic E-state index is 0.196. The van der Waals surface area contributed by atoms with Gasteiger partial charge in [-0.3, -0.25) is 0 Å². The molecule has 2 nitrogen and oxygen atoms in total. The lowest BCUT2D eigenvalue weighted by Gasteiger charge is -2.48. The maximum atomic E-state index is 14.1. The Kier molecular flexibility index (Phi) is 2.92. The van der Waals surface area contributed by atoms with Crippen molar-refractivity contribution in [3.8, 4) is 0 Å². The van der Waals surface area contributed by atoms with Gasteiger partial charge >= 0.3 is 6.18 Å². The van der Waals surface area contributed by atoms with Crippen molar-refractivity contribution in [1.29, 1.82) is 0 Å². The van der Waals surface area contributed by atoms with Gasteiger partial charge in [-0.2, -0.15) is 13.2 Å². The first kappa shape index (κ1) is 15.3. The van der Waals surface area contributed by atoms with E-state index in [4.69, 9.17) is 9.47 Å². The van der Waals surface area contributed by atoms with E-state index >= 15 is 0 Å². The molecular formula is C17H25F3O2. The van der Waals surface area contributed by atoms with Gasteiger partial charge in [0, 0.05) is 0 Å². The summed E-state index contributed by atoms with van der Waals surface area (Å²) in [5.41, 5.74) is -2.22.